The number of hydrogen-bond donors (Lipinski definition) is 2. The van der Waals surface area contributed by atoms with Gasteiger partial charge in [0.15, 0.2) is 0 Å². The van der Waals surface area contributed by atoms with E-state index >= 15 is 0 Å². The van der Waals surface area contributed by atoms with Crippen molar-refractivity contribution in [2.45, 2.75) is 46.2 Å². The average Bonchev–Trinajstić information content (AvgIpc) is 3.37. The Hall–Kier alpha value is -2.56. The molecule has 1 aromatic heterocycles. The highest BCUT2D eigenvalue weighted by Gasteiger charge is 2.33. The Morgan fingerprint density at radius 1 is 1.30 bits per heavy atom. The van der Waals surface area contributed by atoms with Crippen LogP contribution >= 0.6 is 0 Å². The van der Waals surface area contributed by atoms with Crippen molar-refractivity contribution in [3.05, 3.63) is 54.4 Å². The summed E-state index contributed by atoms with van der Waals surface area (Å²) in [4.78, 5) is 14.8. The third kappa shape index (κ3) is 4.41. The van der Waals surface area contributed by atoms with Crippen molar-refractivity contribution < 1.29 is 4.79 Å². The molecule has 2 unspecified atom stereocenters. The molecule has 3 rings (SSSR count). The monoisotopic (exact) mass is 366 g/mol. The fourth-order valence-electron chi connectivity index (χ4n) is 3.49. The second-order valence-corrected chi connectivity index (χ2v) is 7.77. The second kappa shape index (κ2) is 8.42. The summed E-state index contributed by atoms with van der Waals surface area (Å²) in [6.45, 7) is 12.0. The molecule has 0 bridgehead atoms. The number of H-pyrrole nitrogens is 1. The number of nitrogens with one attached hydrogen (secondary N) is 2. The maximum absolute atomic E-state index is 12.8. The first-order valence-electron chi connectivity index (χ1n) is 9.79. The highest BCUT2D eigenvalue weighted by Crippen LogP contribution is 2.26. The largest absolute Gasteiger partial charge is 0.383 e. The third-order valence-corrected chi connectivity index (χ3v) is 5.61. The standard InChI is InChI=1S/C22H30N4O/c1-15(2)16(3)22(27)26-13-5-6-21(26)17(4)23-14-18-7-9-19(10-8-18)20-11-12-24-25-20/h7-12,15-16,21,23H,4-6,13-14H2,1-3H3,(H,24,25). The quantitative estimate of drug-likeness (QED) is 0.780. The lowest BCUT2D eigenvalue weighted by molar-refractivity contribution is -0.136. The highest BCUT2D eigenvalue weighted by atomic mass is 16.2. The Morgan fingerprint density at radius 3 is 2.67 bits per heavy atom. The normalized spacial score (nSPS) is 17.9. The SMILES string of the molecule is C=C(NCc1ccc(-c2ccn[nH]2)cc1)C1CCCN1C(=O)C(C)C(C)C. The van der Waals surface area contributed by atoms with Crippen LogP contribution in [0, 0.1) is 11.8 Å². The molecule has 1 aromatic carbocycles. The van der Waals surface area contributed by atoms with Crippen LogP contribution < -0.4 is 5.32 Å². The number of likely N-dealkylation sites (tertiary alicyclic amines) is 1. The Kier molecular flexibility index (Phi) is 5.99. The van der Waals surface area contributed by atoms with E-state index in [2.05, 4.69) is 60.2 Å². The van der Waals surface area contributed by atoms with Crippen molar-refractivity contribution in [2.24, 2.45) is 11.8 Å². The molecule has 2 N–H and O–H groups in total. The molecule has 1 aliphatic rings. The molecule has 0 radical (unpaired) electrons. The molecule has 0 saturated carbocycles. The number of aromatic amines is 1. The van der Waals surface area contributed by atoms with Gasteiger partial charge < -0.3 is 10.2 Å². The minimum absolute atomic E-state index is 0.0495. The molecule has 1 amide bonds. The van der Waals surface area contributed by atoms with E-state index in [0.29, 0.717) is 12.5 Å². The number of carbonyl (C=O) groups excluding carboxylic acids is 1. The smallest absolute Gasteiger partial charge is 0.226 e. The maximum atomic E-state index is 12.8. The number of benzene rings is 1. The summed E-state index contributed by atoms with van der Waals surface area (Å²) in [7, 11) is 0. The fourth-order valence-corrected chi connectivity index (χ4v) is 3.49. The van der Waals surface area contributed by atoms with E-state index in [0.717, 1.165) is 36.3 Å². The van der Waals surface area contributed by atoms with E-state index in [1.165, 1.54) is 5.56 Å². The summed E-state index contributed by atoms with van der Waals surface area (Å²) in [5, 5.41) is 10.4. The van der Waals surface area contributed by atoms with Crippen LogP contribution in [0.25, 0.3) is 11.3 Å². The molecule has 144 valence electrons. The first-order valence-corrected chi connectivity index (χ1v) is 9.79. The van der Waals surface area contributed by atoms with Gasteiger partial charge in [-0.3, -0.25) is 9.89 Å². The van der Waals surface area contributed by atoms with Gasteiger partial charge in [0.2, 0.25) is 5.91 Å². The summed E-state index contributed by atoms with van der Waals surface area (Å²) in [6, 6.07) is 10.4. The first-order chi connectivity index (χ1) is 13.0. The topological polar surface area (TPSA) is 61.0 Å². The molecule has 1 aliphatic heterocycles. The summed E-state index contributed by atoms with van der Waals surface area (Å²) in [5.41, 5.74) is 4.25. The lowest BCUT2D eigenvalue weighted by atomic mass is 9.96. The van der Waals surface area contributed by atoms with Crippen LogP contribution in [0.4, 0.5) is 0 Å². The van der Waals surface area contributed by atoms with Crippen molar-refractivity contribution >= 4 is 5.91 Å². The lowest BCUT2D eigenvalue weighted by Gasteiger charge is -2.30. The minimum atomic E-state index is 0.0495. The molecule has 1 saturated heterocycles. The zero-order valence-electron chi connectivity index (χ0n) is 16.5. The third-order valence-electron chi connectivity index (χ3n) is 5.61. The predicted molar refractivity (Wildman–Crippen MR) is 109 cm³/mol. The van der Waals surface area contributed by atoms with E-state index in [1.54, 1.807) is 6.20 Å². The summed E-state index contributed by atoms with van der Waals surface area (Å²) in [6.07, 6.45) is 3.78. The number of hydrogen-bond acceptors (Lipinski definition) is 3. The molecule has 27 heavy (non-hydrogen) atoms. The molecule has 0 spiro atoms. The Bertz CT molecular complexity index is 764. The first kappa shape index (κ1) is 19.2. The van der Waals surface area contributed by atoms with Gasteiger partial charge in [-0.2, -0.15) is 5.10 Å². The Labute approximate surface area is 161 Å². The van der Waals surface area contributed by atoms with E-state index in [9.17, 15) is 4.79 Å². The molecule has 5 heteroatoms. The zero-order valence-corrected chi connectivity index (χ0v) is 16.5. The molecule has 5 nitrogen and oxygen atoms in total. The zero-order chi connectivity index (χ0) is 19.4. The Morgan fingerprint density at radius 2 is 2.04 bits per heavy atom. The van der Waals surface area contributed by atoms with Crippen LogP contribution in [0.3, 0.4) is 0 Å². The molecular formula is C22H30N4O. The lowest BCUT2D eigenvalue weighted by Crippen LogP contribution is -2.43. The molecule has 1 fully saturated rings. The van der Waals surface area contributed by atoms with Gasteiger partial charge in [0.25, 0.3) is 0 Å². The highest BCUT2D eigenvalue weighted by molar-refractivity contribution is 5.79. The summed E-state index contributed by atoms with van der Waals surface area (Å²) < 4.78 is 0. The van der Waals surface area contributed by atoms with Crippen LogP contribution in [0.1, 0.15) is 39.2 Å². The summed E-state index contributed by atoms with van der Waals surface area (Å²) >= 11 is 0. The number of amides is 1. The van der Waals surface area contributed by atoms with Crippen LogP contribution in [-0.2, 0) is 11.3 Å². The van der Waals surface area contributed by atoms with Gasteiger partial charge in [-0.1, -0.05) is 51.6 Å². The average molecular weight is 367 g/mol. The molecule has 0 aliphatic carbocycles. The van der Waals surface area contributed by atoms with Crippen molar-refractivity contribution in [3.8, 4) is 11.3 Å². The molecule has 2 atom stereocenters. The van der Waals surface area contributed by atoms with Crippen LogP contribution in [0.5, 0.6) is 0 Å². The van der Waals surface area contributed by atoms with E-state index < -0.39 is 0 Å². The molecule has 2 heterocycles. The number of nitrogens with zero attached hydrogens (tertiary/aromatic N) is 2. The fraction of sp³-hybridized carbons (Fsp3) is 0.455. The minimum Gasteiger partial charge on any atom is -0.383 e. The van der Waals surface area contributed by atoms with Gasteiger partial charge in [0.1, 0.15) is 0 Å². The van der Waals surface area contributed by atoms with Gasteiger partial charge in [-0.25, -0.2) is 0 Å². The maximum Gasteiger partial charge on any atom is 0.226 e. The van der Waals surface area contributed by atoms with Crippen molar-refractivity contribution in [1.29, 1.82) is 0 Å². The van der Waals surface area contributed by atoms with Crippen LogP contribution in [0.15, 0.2) is 48.8 Å². The van der Waals surface area contributed by atoms with Gasteiger partial charge >= 0.3 is 0 Å². The van der Waals surface area contributed by atoms with Gasteiger partial charge in [0.05, 0.1) is 11.7 Å². The van der Waals surface area contributed by atoms with Crippen LogP contribution in [0.2, 0.25) is 0 Å². The van der Waals surface area contributed by atoms with Gasteiger partial charge in [-0.05, 0) is 36.0 Å². The second-order valence-electron chi connectivity index (χ2n) is 7.77. The van der Waals surface area contributed by atoms with Gasteiger partial charge in [0, 0.05) is 30.9 Å². The van der Waals surface area contributed by atoms with Crippen molar-refractivity contribution in [1.82, 2.24) is 20.4 Å². The van der Waals surface area contributed by atoms with Crippen LogP contribution in [-0.4, -0.2) is 33.6 Å². The number of rotatable bonds is 7. The van der Waals surface area contributed by atoms with Crippen molar-refractivity contribution in [2.75, 3.05) is 6.54 Å². The van der Waals surface area contributed by atoms with Gasteiger partial charge in [-0.15, -0.1) is 0 Å². The van der Waals surface area contributed by atoms with Crippen molar-refractivity contribution in [3.63, 3.8) is 0 Å². The summed E-state index contributed by atoms with van der Waals surface area (Å²) in [5.74, 6) is 0.654. The molecular weight excluding hydrogens is 336 g/mol. The van der Waals surface area contributed by atoms with E-state index in [-0.39, 0.29) is 17.9 Å². The van der Waals surface area contributed by atoms with E-state index in [4.69, 9.17) is 0 Å². The predicted octanol–water partition coefficient (Wildman–Crippen LogP) is 3.96. The molecule has 2 aromatic rings. The van der Waals surface area contributed by atoms with E-state index in [1.807, 2.05) is 17.9 Å². The number of carbonyl (C=O) groups is 1. The number of aromatic nitrogens is 2. The Balaban J connectivity index is 1.57.